The van der Waals surface area contributed by atoms with Gasteiger partial charge in [-0.1, -0.05) is 0 Å². The number of piperazine rings is 1. The molecule has 0 radical (unpaired) electrons. The molecule has 1 aliphatic heterocycles. The van der Waals surface area contributed by atoms with E-state index in [0.717, 1.165) is 26.2 Å². The van der Waals surface area contributed by atoms with Crippen LogP contribution in [-0.2, 0) is 0 Å². The van der Waals surface area contributed by atoms with E-state index in [4.69, 9.17) is 0 Å². The van der Waals surface area contributed by atoms with Crippen LogP contribution < -0.4 is 9.80 Å². The summed E-state index contributed by atoms with van der Waals surface area (Å²) in [5.41, 5.74) is 0.952. The molecule has 1 aliphatic rings. The molecule has 0 unspecified atom stereocenters. The molecule has 1 fully saturated rings. The predicted molar refractivity (Wildman–Crippen MR) is 77.7 cm³/mol. The standard InChI is InChI=1S/C14H15N5O2/c20-13(21)11-10-15-5-2-12(11)18-6-8-19(9-7-18)14-16-3-1-4-17-14/h1-5,10H,6-9H2,(H,20,21). The van der Waals surface area contributed by atoms with Crippen LogP contribution in [0.4, 0.5) is 11.6 Å². The van der Waals surface area contributed by atoms with Gasteiger partial charge in [-0.2, -0.15) is 0 Å². The van der Waals surface area contributed by atoms with Crippen LogP contribution in [0, 0.1) is 0 Å². The first-order valence-corrected chi connectivity index (χ1v) is 6.70. The summed E-state index contributed by atoms with van der Waals surface area (Å²) in [5.74, 6) is -0.239. The maximum atomic E-state index is 11.3. The van der Waals surface area contributed by atoms with E-state index in [2.05, 4.69) is 24.8 Å². The van der Waals surface area contributed by atoms with Gasteiger partial charge >= 0.3 is 5.97 Å². The minimum absolute atomic E-state index is 0.238. The van der Waals surface area contributed by atoms with Gasteiger partial charge in [0.15, 0.2) is 0 Å². The molecule has 7 heteroatoms. The van der Waals surface area contributed by atoms with E-state index in [1.54, 1.807) is 30.7 Å². The summed E-state index contributed by atoms with van der Waals surface area (Å²) in [7, 11) is 0. The molecule has 0 saturated carbocycles. The highest BCUT2D eigenvalue weighted by molar-refractivity contribution is 5.94. The Hall–Kier alpha value is -2.70. The van der Waals surface area contributed by atoms with Gasteiger partial charge in [0.1, 0.15) is 5.56 Å². The van der Waals surface area contributed by atoms with E-state index in [0.29, 0.717) is 11.6 Å². The van der Waals surface area contributed by atoms with Crippen molar-refractivity contribution in [3.8, 4) is 0 Å². The number of pyridine rings is 1. The SMILES string of the molecule is O=C(O)c1cnccc1N1CCN(c2ncccn2)CC1. The van der Waals surface area contributed by atoms with Gasteiger partial charge in [-0.05, 0) is 12.1 Å². The van der Waals surface area contributed by atoms with Crippen LogP contribution in [0.25, 0.3) is 0 Å². The number of hydrogen-bond donors (Lipinski definition) is 1. The van der Waals surface area contributed by atoms with Crippen molar-refractivity contribution < 1.29 is 9.90 Å². The molecule has 3 rings (SSSR count). The minimum atomic E-state index is -0.952. The van der Waals surface area contributed by atoms with Crippen LogP contribution in [0.2, 0.25) is 0 Å². The quantitative estimate of drug-likeness (QED) is 0.897. The average Bonchev–Trinajstić information content (AvgIpc) is 2.56. The number of carbonyl (C=O) groups is 1. The second-order valence-electron chi connectivity index (χ2n) is 4.72. The highest BCUT2D eigenvalue weighted by Crippen LogP contribution is 2.21. The summed E-state index contributed by atoms with van der Waals surface area (Å²) in [5, 5.41) is 9.23. The van der Waals surface area contributed by atoms with Crippen molar-refractivity contribution in [1.29, 1.82) is 0 Å². The fourth-order valence-corrected chi connectivity index (χ4v) is 2.43. The molecule has 0 atom stereocenters. The predicted octanol–water partition coefficient (Wildman–Crippen LogP) is 0.896. The highest BCUT2D eigenvalue weighted by atomic mass is 16.4. The number of carboxylic acids is 1. The second kappa shape index (κ2) is 5.74. The van der Waals surface area contributed by atoms with E-state index in [1.165, 1.54) is 6.20 Å². The molecule has 2 aromatic rings. The van der Waals surface area contributed by atoms with Crippen LogP contribution in [0.5, 0.6) is 0 Å². The summed E-state index contributed by atoms with van der Waals surface area (Å²) in [4.78, 5) is 27.8. The molecule has 0 spiro atoms. The monoisotopic (exact) mass is 285 g/mol. The summed E-state index contributed by atoms with van der Waals surface area (Å²) >= 11 is 0. The number of aromatic nitrogens is 3. The highest BCUT2D eigenvalue weighted by Gasteiger charge is 2.22. The lowest BCUT2D eigenvalue weighted by atomic mass is 10.2. The van der Waals surface area contributed by atoms with Crippen LogP contribution in [0.1, 0.15) is 10.4 Å². The van der Waals surface area contributed by atoms with Crippen LogP contribution in [0.15, 0.2) is 36.9 Å². The lowest BCUT2D eigenvalue weighted by Crippen LogP contribution is -2.47. The molecule has 2 aromatic heterocycles. The largest absolute Gasteiger partial charge is 0.478 e. The van der Waals surface area contributed by atoms with Crippen molar-refractivity contribution in [1.82, 2.24) is 15.0 Å². The van der Waals surface area contributed by atoms with E-state index in [1.807, 2.05) is 0 Å². The number of rotatable bonds is 3. The molecule has 3 heterocycles. The zero-order valence-electron chi connectivity index (χ0n) is 11.4. The van der Waals surface area contributed by atoms with Gasteiger partial charge in [-0.25, -0.2) is 14.8 Å². The lowest BCUT2D eigenvalue weighted by molar-refractivity contribution is 0.0697. The van der Waals surface area contributed by atoms with E-state index < -0.39 is 5.97 Å². The van der Waals surface area contributed by atoms with Crippen LogP contribution in [-0.4, -0.2) is 52.2 Å². The van der Waals surface area contributed by atoms with Crippen molar-refractivity contribution in [2.45, 2.75) is 0 Å². The van der Waals surface area contributed by atoms with Gasteiger partial charge in [0.05, 0.1) is 5.69 Å². The van der Waals surface area contributed by atoms with E-state index in [9.17, 15) is 9.90 Å². The Morgan fingerprint density at radius 2 is 1.71 bits per heavy atom. The number of aromatic carboxylic acids is 1. The minimum Gasteiger partial charge on any atom is -0.478 e. The summed E-state index contributed by atoms with van der Waals surface area (Å²) in [6.07, 6.45) is 6.46. The van der Waals surface area contributed by atoms with Gasteiger partial charge in [0.2, 0.25) is 5.95 Å². The topological polar surface area (TPSA) is 82.5 Å². The van der Waals surface area contributed by atoms with Gasteiger partial charge in [-0.3, -0.25) is 4.98 Å². The first kappa shape index (κ1) is 13.3. The fourth-order valence-electron chi connectivity index (χ4n) is 2.43. The maximum Gasteiger partial charge on any atom is 0.339 e. The third-order valence-corrected chi connectivity index (χ3v) is 3.48. The zero-order chi connectivity index (χ0) is 14.7. The molecular weight excluding hydrogens is 270 g/mol. The molecular formula is C14H15N5O2. The van der Waals surface area contributed by atoms with Crippen LogP contribution >= 0.6 is 0 Å². The van der Waals surface area contributed by atoms with Crippen molar-refractivity contribution in [3.63, 3.8) is 0 Å². The smallest absolute Gasteiger partial charge is 0.339 e. The van der Waals surface area contributed by atoms with Crippen molar-refractivity contribution in [2.75, 3.05) is 36.0 Å². The van der Waals surface area contributed by atoms with Crippen molar-refractivity contribution >= 4 is 17.6 Å². The normalized spacial score (nSPS) is 15.0. The van der Waals surface area contributed by atoms with E-state index in [-0.39, 0.29) is 5.56 Å². The molecule has 0 aliphatic carbocycles. The molecule has 21 heavy (non-hydrogen) atoms. The first-order valence-electron chi connectivity index (χ1n) is 6.70. The zero-order valence-corrected chi connectivity index (χ0v) is 11.4. The number of nitrogens with zero attached hydrogens (tertiary/aromatic N) is 5. The third-order valence-electron chi connectivity index (χ3n) is 3.48. The molecule has 108 valence electrons. The number of hydrogen-bond acceptors (Lipinski definition) is 6. The molecule has 0 aromatic carbocycles. The number of carboxylic acid groups (broad SMARTS) is 1. The van der Waals surface area contributed by atoms with Crippen LogP contribution in [0.3, 0.4) is 0 Å². The second-order valence-corrected chi connectivity index (χ2v) is 4.72. The summed E-state index contributed by atoms with van der Waals surface area (Å²) < 4.78 is 0. The maximum absolute atomic E-state index is 11.3. The Morgan fingerprint density at radius 3 is 2.38 bits per heavy atom. The summed E-state index contributed by atoms with van der Waals surface area (Å²) in [6.45, 7) is 2.96. The average molecular weight is 285 g/mol. The Morgan fingerprint density at radius 1 is 1.05 bits per heavy atom. The molecule has 7 nitrogen and oxygen atoms in total. The van der Waals surface area contributed by atoms with Gasteiger partial charge in [-0.15, -0.1) is 0 Å². The van der Waals surface area contributed by atoms with Gasteiger partial charge < -0.3 is 14.9 Å². The Bertz CT molecular complexity index is 626. The Balaban J connectivity index is 1.73. The van der Waals surface area contributed by atoms with Gasteiger partial charge in [0, 0.05) is 51.0 Å². The molecule has 0 bridgehead atoms. The lowest BCUT2D eigenvalue weighted by Gasteiger charge is -2.36. The Kier molecular flexibility index (Phi) is 3.63. The van der Waals surface area contributed by atoms with Crippen molar-refractivity contribution in [3.05, 3.63) is 42.5 Å². The first-order chi connectivity index (χ1) is 10.3. The number of anilines is 2. The Labute approximate surface area is 121 Å². The summed E-state index contributed by atoms with van der Waals surface area (Å²) in [6, 6.07) is 3.54. The molecule has 1 saturated heterocycles. The van der Waals surface area contributed by atoms with Crippen molar-refractivity contribution in [2.24, 2.45) is 0 Å². The molecule has 0 amide bonds. The van der Waals surface area contributed by atoms with E-state index >= 15 is 0 Å². The third kappa shape index (κ3) is 2.76. The fraction of sp³-hybridized carbons (Fsp3) is 0.286. The van der Waals surface area contributed by atoms with Gasteiger partial charge in [0.25, 0.3) is 0 Å². The molecule has 1 N–H and O–H groups in total.